The highest BCUT2D eigenvalue weighted by Gasteiger charge is 2.31. The van der Waals surface area contributed by atoms with Crippen molar-refractivity contribution in [2.75, 3.05) is 6.61 Å². The van der Waals surface area contributed by atoms with Crippen LogP contribution in [-0.4, -0.2) is 35.3 Å². The Hall–Kier alpha value is -4.19. The van der Waals surface area contributed by atoms with Gasteiger partial charge in [-0.3, -0.25) is 4.98 Å². The van der Waals surface area contributed by atoms with Crippen molar-refractivity contribution in [2.24, 2.45) is 0 Å². The van der Waals surface area contributed by atoms with Crippen molar-refractivity contribution in [3.05, 3.63) is 102 Å². The molecule has 188 valence electrons. The van der Waals surface area contributed by atoms with Gasteiger partial charge in [0.05, 0.1) is 0 Å². The van der Waals surface area contributed by atoms with Gasteiger partial charge in [0.2, 0.25) is 0 Å². The summed E-state index contributed by atoms with van der Waals surface area (Å²) in [5.41, 5.74) is 4.79. The van der Waals surface area contributed by atoms with Crippen molar-refractivity contribution in [1.82, 2.24) is 10.3 Å². The van der Waals surface area contributed by atoms with Crippen LogP contribution in [0, 0.1) is 0 Å². The largest absolute Gasteiger partial charge is 0.458 e. The van der Waals surface area contributed by atoms with Gasteiger partial charge in [-0.1, -0.05) is 66.7 Å². The number of hydrogen-bond acceptors (Lipinski definition) is 5. The van der Waals surface area contributed by atoms with Crippen LogP contribution in [0.1, 0.15) is 43.4 Å². The summed E-state index contributed by atoms with van der Waals surface area (Å²) in [6.07, 6.45) is 3.14. The van der Waals surface area contributed by atoms with Crippen molar-refractivity contribution in [3.8, 4) is 11.1 Å². The van der Waals surface area contributed by atoms with E-state index >= 15 is 0 Å². The monoisotopic (exact) mass is 494 g/mol. The molecule has 1 aromatic heterocycles. The summed E-state index contributed by atoms with van der Waals surface area (Å²) in [6.45, 7) is 5.58. The normalized spacial score (nSPS) is 13.5. The van der Waals surface area contributed by atoms with Crippen molar-refractivity contribution in [1.29, 1.82) is 0 Å². The average Bonchev–Trinajstić information content (AvgIpc) is 3.20. The Morgan fingerprint density at radius 1 is 0.919 bits per heavy atom. The summed E-state index contributed by atoms with van der Waals surface area (Å²) in [4.78, 5) is 30.2. The molecule has 1 N–H and O–H groups in total. The summed E-state index contributed by atoms with van der Waals surface area (Å²) < 4.78 is 11.3. The van der Waals surface area contributed by atoms with Crippen molar-refractivity contribution < 1.29 is 19.1 Å². The van der Waals surface area contributed by atoms with Gasteiger partial charge in [-0.25, -0.2) is 9.59 Å². The number of aromatic nitrogens is 1. The van der Waals surface area contributed by atoms with Crippen LogP contribution in [0.4, 0.5) is 4.79 Å². The molecule has 0 saturated heterocycles. The first-order valence-corrected chi connectivity index (χ1v) is 12.5. The zero-order chi connectivity index (χ0) is 26.0. The number of esters is 1. The average molecular weight is 495 g/mol. The standard InChI is InChI=1S/C31H30N2O4/c1-31(2,3)37-29(34)28(17-20-12-13-22-18-32-15-14-21(22)16-20)33-30(35)36-19-27-25-10-6-4-8-23(25)24-9-5-7-11-26(24)27/h4-16,18,27-28H,17,19H2,1-3H3,(H,33,35)/t28-/m0/s1. The SMILES string of the molecule is CC(C)(C)OC(=O)[C@H](Cc1ccc2cnccc2c1)NC(=O)OCC1c2ccccc2-c2ccccc21. The van der Waals surface area contributed by atoms with Crippen LogP contribution in [0.15, 0.2) is 85.2 Å². The Balaban J connectivity index is 1.31. The molecule has 0 bridgehead atoms. The topological polar surface area (TPSA) is 77.5 Å². The summed E-state index contributed by atoms with van der Waals surface area (Å²) in [7, 11) is 0. The third kappa shape index (κ3) is 5.48. The van der Waals surface area contributed by atoms with E-state index in [0.717, 1.165) is 38.6 Å². The van der Waals surface area contributed by atoms with E-state index in [-0.39, 0.29) is 18.9 Å². The van der Waals surface area contributed by atoms with Crippen molar-refractivity contribution in [2.45, 2.75) is 44.8 Å². The first-order chi connectivity index (χ1) is 17.8. The highest BCUT2D eigenvalue weighted by atomic mass is 16.6. The number of fused-ring (bicyclic) bond motifs is 4. The van der Waals surface area contributed by atoms with E-state index in [1.165, 1.54) is 0 Å². The van der Waals surface area contributed by atoms with E-state index < -0.39 is 23.7 Å². The third-order valence-electron chi connectivity index (χ3n) is 6.47. The molecule has 3 aromatic carbocycles. The molecule has 4 aromatic rings. The highest BCUT2D eigenvalue weighted by molar-refractivity contribution is 5.84. The molecule has 37 heavy (non-hydrogen) atoms. The van der Waals surface area contributed by atoms with Gasteiger partial charge in [0.15, 0.2) is 0 Å². The van der Waals surface area contributed by atoms with Crippen LogP contribution in [-0.2, 0) is 20.7 Å². The second-order valence-electron chi connectivity index (χ2n) is 10.3. The van der Waals surface area contributed by atoms with Crippen LogP contribution in [0.5, 0.6) is 0 Å². The summed E-state index contributed by atoms with van der Waals surface area (Å²) >= 11 is 0. The molecule has 0 fully saturated rings. The molecule has 1 atom stereocenters. The maximum absolute atomic E-state index is 13.0. The predicted octanol–water partition coefficient (Wildman–Crippen LogP) is 6.03. The Morgan fingerprint density at radius 3 is 2.27 bits per heavy atom. The van der Waals surface area contributed by atoms with Gasteiger partial charge in [0.25, 0.3) is 0 Å². The molecule has 0 spiro atoms. The van der Waals surface area contributed by atoms with Crippen molar-refractivity contribution in [3.63, 3.8) is 0 Å². The van der Waals surface area contributed by atoms with Gasteiger partial charge in [0, 0.05) is 30.1 Å². The lowest BCUT2D eigenvalue weighted by molar-refractivity contribution is -0.157. The second kappa shape index (κ2) is 10.1. The molecule has 6 heteroatoms. The molecule has 1 heterocycles. The number of benzene rings is 3. The Morgan fingerprint density at radius 2 is 1.59 bits per heavy atom. The minimum Gasteiger partial charge on any atom is -0.458 e. The molecule has 0 saturated carbocycles. The number of ether oxygens (including phenoxy) is 2. The van der Waals surface area contributed by atoms with Gasteiger partial charge >= 0.3 is 12.1 Å². The number of nitrogens with one attached hydrogen (secondary N) is 1. The Bertz CT molecular complexity index is 1410. The highest BCUT2D eigenvalue weighted by Crippen LogP contribution is 2.44. The van der Waals surface area contributed by atoms with Gasteiger partial charge < -0.3 is 14.8 Å². The minimum atomic E-state index is -0.894. The maximum atomic E-state index is 13.0. The molecule has 6 nitrogen and oxygen atoms in total. The van der Waals surface area contributed by atoms with E-state index in [9.17, 15) is 9.59 Å². The number of nitrogens with zero attached hydrogens (tertiary/aromatic N) is 1. The summed E-state index contributed by atoms with van der Waals surface area (Å²) in [6, 6.07) is 23.2. The number of pyridine rings is 1. The number of carbonyl (C=O) groups is 2. The lowest BCUT2D eigenvalue weighted by Gasteiger charge is -2.25. The molecular formula is C31H30N2O4. The second-order valence-corrected chi connectivity index (χ2v) is 10.3. The minimum absolute atomic E-state index is 0.0628. The molecule has 0 radical (unpaired) electrons. The quantitative estimate of drug-likeness (QED) is 0.331. The van der Waals surface area contributed by atoms with Gasteiger partial charge in [-0.15, -0.1) is 0 Å². The van der Waals surface area contributed by atoms with Gasteiger partial charge in [0.1, 0.15) is 18.2 Å². The van der Waals surface area contributed by atoms with Crippen molar-refractivity contribution >= 4 is 22.8 Å². The lowest BCUT2D eigenvalue weighted by atomic mass is 9.98. The number of amides is 1. The van der Waals surface area contributed by atoms with E-state index in [2.05, 4.69) is 34.6 Å². The van der Waals surface area contributed by atoms with Gasteiger partial charge in [-0.2, -0.15) is 0 Å². The fourth-order valence-corrected chi connectivity index (χ4v) is 4.84. The zero-order valence-corrected chi connectivity index (χ0v) is 21.2. The molecular weight excluding hydrogens is 464 g/mol. The van der Waals surface area contributed by atoms with Crippen LogP contribution in [0.25, 0.3) is 21.9 Å². The van der Waals surface area contributed by atoms with Crippen LogP contribution >= 0.6 is 0 Å². The molecule has 0 aliphatic heterocycles. The smallest absolute Gasteiger partial charge is 0.407 e. The van der Waals surface area contributed by atoms with Crippen LogP contribution < -0.4 is 5.32 Å². The predicted molar refractivity (Wildman–Crippen MR) is 143 cm³/mol. The fourth-order valence-electron chi connectivity index (χ4n) is 4.84. The number of carbonyl (C=O) groups excluding carboxylic acids is 2. The van der Waals surface area contributed by atoms with E-state index in [0.29, 0.717) is 0 Å². The molecule has 0 unspecified atom stereocenters. The van der Waals surface area contributed by atoms with E-state index in [1.54, 1.807) is 33.2 Å². The Labute approximate surface area is 216 Å². The first kappa shape index (κ1) is 24.5. The van der Waals surface area contributed by atoms with Crippen LogP contribution in [0.3, 0.4) is 0 Å². The third-order valence-corrected chi connectivity index (χ3v) is 6.47. The molecule has 1 aliphatic rings. The summed E-state index contributed by atoms with van der Waals surface area (Å²) in [5, 5.41) is 4.77. The number of alkyl carbamates (subject to hydrolysis) is 1. The zero-order valence-electron chi connectivity index (χ0n) is 21.2. The summed E-state index contributed by atoms with van der Waals surface area (Å²) in [5.74, 6) is -0.567. The fraction of sp³-hybridized carbons (Fsp3) is 0.258. The number of hydrogen-bond donors (Lipinski definition) is 1. The van der Waals surface area contributed by atoms with Gasteiger partial charge in [-0.05, 0) is 60.0 Å². The Kier molecular flexibility index (Phi) is 6.66. The van der Waals surface area contributed by atoms with E-state index in [1.807, 2.05) is 48.5 Å². The van der Waals surface area contributed by atoms with E-state index in [4.69, 9.17) is 9.47 Å². The molecule has 1 amide bonds. The molecule has 5 rings (SSSR count). The molecule has 1 aliphatic carbocycles. The number of rotatable bonds is 6. The van der Waals surface area contributed by atoms with Crippen LogP contribution in [0.2, 0.25) is 0 Å². The lowest BCUT2D eigenvalue weighted by Crippen LogP contribution is -2.46. The maximum Gasteiger partial charge on any atom is 0.407 e. The first-order valence-electron chi connectivity index (χ1n) is 12.5.